The molecule has 0 unspecified atom stereocenters. The summed E-state index contributed by atoms with van der Waals surface area (Å²) in [5.74, 6) is -2.23. The van der Waals surface area contributed by atoms with Gasteiger partial charge in [-0.1, -0.05) is 30.7 Å². The zero-order valence-corrected chi connectivity index (χ0v) is 30.3. The van der Waals surface area contributed by atoms with E-state index in [9.17, 15) is 53.9 Å². The number of piperidine rings is 2. The predicted molar refractivity (Wildman–Crippen MR) is 187 cm³/mol. The predicted octanol–water partition coefficient (Wildman–Crippen LogP) is 7.41. The number of rotatable bonds is 7. The standard InChI is InChI=1S/C17H19F3N2O.C12H14O2.C9H12F6N2O/c1-21-15-6-5-12(11-22-7-3-2-4-8-22)9-13(15)14(10-16(21)23)17(18,19)20;13-12(14)8-7-10-4-1-3-9-5-2-6-11(9)10;10-8(11,12)5-17-3-1-7(2-4-17,6(16)18)9(13,14)15/h5-6,9-10H,2-4,7-8,11H2,1H3;1,3-4H,2,5-8H2,(H,13,14);1-5H2,(H2,16,18). The number of fused-ring (bicyclic) bond motifs is 2. The first-order valence-corrected chi connectivity index (χ1v) is 18.0. The Morgan fingerprint density at radius 3 is 2.05 bits per heavy atom. The number of carboxylic acids is 1. The number of aliphatic carboxylic acids is 1. The number of nitrogens with two attached hydrogens (primary N) is 1. The summed E-state index contributed by atoms with van der Waals surface area (Å²) in [7, 11) is 1.50. The number of hydrogen-bond donors (Lipinski definition) is 2. The molecular formula is C38H45F9N4O4. The largest absolute Gasteiger partial charge is 0.481 e. The first-order valence-electron chi connectivity index (χ1n) is 18.0. The van der Waals surface area contributed by atoms with Crippen LogP contribution < -0.4 is 11.3 Å². The van der Waals surface area contributed by atoms with Crippen LogP contribution in [0.15, 0.2) is 47.3 Å². The van der Waals surface area contributed by atoms with Gasteiger partial charge in [-0.2, -0.15) is 39.5 Å². The van der Waals surface area contributed by atoms with Gasteiger partial charge in [0, 0.05) is 31.5 Å². The number of likely N-dealkylation sites (tertiary alicyclic amines) is 2. The van der Waals surface area contributed by atoms with Crippen molar-refractivity contribution in [2.45, 2.75) is 89.3 Å². The molecule has 55 heavy (non-hydrogen) atoms. The summed E-state index contributed by atoms with van der Waals surface area (Å²) >= 11 is 0. The van der Waals surface area contributed by atoms with Gasteiger partial charge in [0.1, 0.15) is 5.41 Å². The maximum Gasteiger partial charge on any atom is 0.417 e. The molecule has 3 aliphatic rings. The van der Waals surface area contributed by atoms with Crippen molar-refractivity contribution in [3.63, 3.8) is 0 Å². The average Bonchev–Trinajstić information content (AvgIpc) is 3.58. The Bertz CT molecular complexity index is 1860. The third kappa shape index (κ3) is 11.5. The van der Waals surface area contributed by atoms with E-state index in [4.69, 9.17) is 10.8 Å². The number of aryl methyl sites for hydroxylation is 3. The second kappa shape index (κ2) is 17.8. The summed E-state index contributed by atoms with van der Waals surface area (Å²) in [4.78, 5) is 36.3. The van der Waals surface area contributed by atoms with Crippen molar-refractivity contribution >= 4 is 22.8 Å². The molecule has 0 saturated carbocycles. The average molecular weight is 793 g/mol. The van der Waals surface area contributed by atoms with Gasteiger partial charge in [0.05, 0.1) is 17.6 Å². The Labute approximate surface area is 312 Å². The molecule has 17 heteroatoms. The molecule has 6 rings (SSSR count). The molecule has 2 saturated heterocycles. The van der Waals surface area contributed by atoms with Crippen molar-refractivity contribution in [2.75, 3.05) is 32.7 Å². The minimum atomic E-state index is -4.83. The third-order valence-electron chi connectivity index (χ3n) is 10.4. The topological polar surface area (TPSA) is 109 Å². The number of halogens is 9. The van der Waals surface area contributed by atoms with Crippen LogP contribution in [0.25, 0.3) is 10.9 Å². The molecule has 0 atom stereocenters. The molecule has 1 aliphatic carbocycles. The van der Waals surface area contributed by atoms with Crippen molar-refractivity contribution < 1.29 is 54.2 Å². The van der Waals surface area contributed by atoms with E-state index in [1.165, 1.54) is 41.1 Å². The van der Waals surface area contributed by atoms with Gasteiger partial charge in [-0.3, -0.25) is 24.2 Å². The van der Waals surface area contributed by atoms with Crippen molar-refractivity contribution in [1.82, 2.24) is 14.4 Å². The molecule has 1 amide bonds. The summed E-state index contributed by atoms with van der Waals surface area (Å²) in [5, 5.41) is 8.72. The van der Waals surface area contributed by atoms with Crippen molar-refractivity contribution in [3.05, 3.63) is 80.6 Å². The van der Waals surface area contributed by atoms with Crippen molar-refractivity contribution in [2.24, 2.45) is 18.2 Å². The minimum Gasteiger partial charge on any atom is -0.481 e. The molecule has 3 heterocycles. The van der Waals surface area contributed by atoms with Crippen LogP contribution >= 0.6 is 0 Å². The number of primary amides is 1. The van der Waals surface area contributed by atoms with Gasteiger partial charge in [0.15, 0.2) is 0 Å². The van der Waals surface area contributed by atoms with Crippen LogP contribution in [-0.2, 0) is 48.6 Å². The second-order valence-electron chi connectivity index (χ2n) is 14.3. The number of carboxylic acid groups (broad SMARTS) is 1. The Hall–Kier alpha value is -4.12. The lowest BCUT2D eigenvalue weighted by molar-refractivity contribution is -0.234. The smallest absolute Gasteiger partial charge is 0.417 e. The first kappa shape index (κ1) is 43.6. The SMILES string of the molecule is Cn1c(=O)cc(C(F)(F)F)c2cc(CN3CCCCC3)ccc21.NC(=O)C1(C(F)(F)F)CCN(CC(F)(F)F)CC1.O=C(O)CCc1cccc2c1CCC2. The highest BCUT2D eigenvalue weighted by molar-refractivity contribution is 5.84. The Morgan fingerprint density at radius 2 is 1.49 bits per heavy atom. The van der Waals surface area contributed by atoms with Crippen LogP contribution in [0.4, 0.5) is 39.5 Å². The number of aromatic nitrogens is 1. The molecule has 8 nitrogen and oxygen atoms in total. The van der Waals surface area contributed by atoms with Gasteiger partial charge in [0.2, 0.25) is 5.91 Å². The molecule has 0 bridgehead atoms. The molecule has 3 N–H and O–H groups in total. The van der Waals surface area contributed by atoms with Gasteiger partial charge in [-0.15, -0.1) is 0 Å². The number of benzene rings is 2. The fraction of sp³-hybridized carbons (Fsp3) is 0.553. The lowest BCUT2D eigenvalue weighted by Gasteiger charge is -2.40. The van der Waals surface area contributed by atoms with Crippen LogP contribution in [0.3, 0.4) is 0 Å². The fourth-order valence-electron chi connectivity index (χ4n) is 7.41. The van der Waals surface area contributed by atoms with Gasteiger partial charge < -0.3 is 15.4 Å². The highest BCUT2D eigenvalue weighted by Crippen LogP contribution is 2.46. The van der Waals surface area contributed by atoms with Crippen LogP contribution in [0.5, 0.6) is 0 Å². The highest BCUT2D eigenvalue weighted by Gasteiger charge is 2.60. The Balaban J connectivity index is 0.000000189. The summed E-state index contributed by atoms with van der Waals surface area (Å²) in [5.41, 5.74) is 5.80. The third-order valence-corrected chi connectivity index (χ3v) is 10.4. The van der Waals surface area contributed by atoms with E-state index in [1.807, 2.05) is 12.1 Å². The van der Waals surface area contributed by atoms with E-state index >= 15 is 0 Å². The molecule has 0 spiro atoms. The monoisotopic (exact) mass is 792 g/mol. The fourth-order valence-corrected chi connectivity index (χ4v) is 7.41. The quantitative estimate of drug-likeness (QED) is 0.242. The van der Waals surface area contributed by atoms with Crippen molar-refractivity contribution in [3.8, 4) is 0 Å². The van der Waals surface area contributed by atoms with E-state index in [-0.39, 0.29) is 11.8 Å². The van der Waals surface area contributed by atoms with E-state index in [1.54, 1.807) is 12.1 Å². The Morgan fingerprint density at radius 1 is 0.836 bits per heavy atom. The van der Waals surface area contributed by atoms with E-state index in [0.29, 0.717) is 24.5 Å². The van der Waals surface area contributed by atoms with Gasteiger partial charge in [0.25, 0.3) is 5.56 Å². The number of amides is 1. The molecule has 0 radical (unpaired) electrons. The number of nitrogens with zero attached hydrogens (tertiary/aromatic N) is 3. The number of alkyl halides is 9. The highest BCUT2D eigenvalue weighted by atomic mass is 19.4. The van der Waals surface area contributed by atoms with Gasteiger partial charge >= 0.3 is 24.5 Å². The summed E-state index contributed by atoms with van der Waals surface area (Å²) in [6.45, 7) is 0.425. The summed E-state index contributed by atoms with van der Waals surface area (Å²) in [6, 6.07) is 12.0. The maximum atomic E-state index is 13.3. The van der Waals surface area contributed by atoms with Gasteiger partial charge in [-0.05, 0) is 112 Å². The molecule has 3 aromatic rings. The Kier molecular flexibility index (Phi) is 14.1. The van der Waals surface area contributed by atoms with Crippen LogP contribution in [0.2, 0.25) is 0 Å². The van der Waals surface area contributed by atoms with Crippen molar-refractivity contribution in [1.29, 1.82) is 0 Å². The number of hydrogen-bond acceptors (Lipinski definition) is 5. The lowest BCUT2D eigenvalue weighted by atomic mass is 9.77. The minimum absolute atomic E-state index is 0.0918. The van der Waals surface area contributed by atoms with Crippen LogP contribution in [0, 0.1) is 5.41 Å². The second-order valence-corrected chi connectivity index (χ2v) is 14.3. The molecule has 2 fully saturated rings. The number of carbonyl (C=O) groups excluding carboxylic acids is 1. The maximum absolute atomic E-state index is 13.3. The zero-order chi connectivity index (χ0) is 40.8. The first-order chi connectivity index (χ1) is 25.6. The van der Waals surface area contributed by atoms with E-state index in [2.05, 4.69) is 17.0 Å². The molecule has 2 aliphatic heterocycles. The lowest BCUT2D eigenvalue weighted by Crippen LogP contribution is -2.56. The van der Waals surface area contributed by atoms with Crippen LogP contribution in [-0.4, -0.2) is 76.4 Å². The van der Waals surface area contributed by atoms with Crippen LogP contribution in [0.1, 0.15) is 72.8 Å². The number of carbonyl (C=O) groups is 2. The number of pyridine rings is 1. The van der Waals surface area contributed by atoms with E-state index < -0.39 is 79.4 Å². The normalized spacial score (nSPS) is 17.8. The molecule has 2 aromatic carbocycles. The zero-order valence-electron chi connectivity index (χ0n) is 30.3. The summed E-state index contributed by atoms with van der Waals surface area (Å²) < 4.78 is 116. The van der Waals surface area contributed by atoms with E-state index in [0.717, 1.165) is 49.2 Å². The molecule has 1 aromatic heterocycles. The molecular weight excluding hydrogens is 747 g/mol. The molecule has 304 valence electrons. The summed E-state index contributed by atoms with van der Waals surface area (Å²) in [6.07, 6.45) is -7.37. The van der Waals surface area contributed by atoms with Gasteiger partial charge in [-0.25, -0.2) is 0 Å².